The van der Waals surface area contributed by atoms with E-state index in [1.54, 1.807) is 24.3 Å². The van der Waals surface area contributed by atoms with Crippen LogP contribution in [0.2, 0.25) is 0 Å². The number of para-hydroxylation sites is 1. The van der Waals surface area contributed by atoms with Crippen LogP contribution in [0.4, 0.5) is 17.1 Å². The Balaban J connectivity index is 1.35. The molecule has 0 fully saturated rings. The molecular weight excluding hydrogens is 631 g/mol. The second-order valence-corrected chi connectivity index (χ2v) is 12.6. The van der Waals surface area contributed by atoms with Gasteiger partial charge in [-0.1, -0.05) is 126 Å². The summed E-state index contributed by atoms with van der Waals surface area (Å²) in [7, 11) is 2.22. The number of carboxylic acids is 2. The van der Waals surface area contributed by atoms with E-state index in [0.717, 1.165) is 63.1 Å². The van der Waals surface area contributed by atoms with Crippen molar-refractivity contribution in [3.63, 3.8) is 0 Å². The molecule has 249 valence electrons. The molecule has 2 unspecified atom stereocenters. The first-order valence-corrected chi connectivity index (χ1v) is 17.0. The maximum Gasteiger partial charge on any atom is 0.335 e. The minimum absolute atomic E-state index is 0.00366. The average molecular weight is 668 g/mol. The summed E-state index contributed by atoms with van der Waals surface area (Å²) in [6.07, 6.45) is 18.7. The van der Waals surface area contributed by atoms with E-state index in [-0.39, 0.29) is 23.2 Å². The molecule has 0 saturated carbocycles. The Bertz CT molecular complexity index is 2180. The van der Waals surface area contributed by atoms with Gasteiger partial charge in [0.1, 0.15) is 0 Å². The highest BCUT2D eigenvalue weighted by atomic mass is 16.4. The van der Waals surface area contributed by atoms with E-state index in [9.17, 15) is 19.8 Å². The van der Waals surface area contributed by atoms with Crippen molar-refractivity contribution in [3.05, 3.63) is 175 Å². The molecule has 6 nitrogen and oxygen atoms in total. The third kappa shape index (κ3) is 7.63. The Kier molecular flexibility index (Phi) is 9.79. The van der Waals surface area contributed by atoms with Gasteiger partial charge in [0.05, 0.1) is 17.2 Å². The summed E-state index contributed by atoms with van der Waals surface area (Å²) in [4.78, 5) is 25.5. The lowest BCUT2D eigenvalue weighted by atomic mass is 9.62. The van der Waals surface area contributed by atoms with E-state index in [0.29, 0.717) is 0 Å². The van der Waals surface area contributed by atoms with Gasteiger partial charge in [-0.25, -0.2) is 9.59 Å². The zero-order valence-electron chi connectivity index (χ0n) is 27.9. The van der Waals surface area contributed by atoms with E-state index < -0.39 is 11.9 Å². The molecule has 0 aliphatic heterocycles. The lowest BCUT2D eigenvalue weighted by molar-refractivity contribution is 0.0686. The quantitative estimate of drug-likeness (QED) is 0.123. The zero-order chi connectivity index (χ0) is 35.2. The highest BCUT2D eigenvalue weighted by molar-refractivity contribution is 6.70. The molecule has 1 radical (unpaired) electrons. The predicted molar refractivity (Wildman–Crippen MR) is 208 cm³/mol. The summed E-state index contributed by atoms with van der Waals surface area (Å²) in [6.45, 7) is 0. The van der Waals surface area contributed by atoms with E-state index in [4.69, 9.17) is 0 Å². The number of rotatable bonds is 11. The summed E-state index contributed by atoms with van der Waals surface area (Å²) in [5.41, 5.74) is 9.36. The van der Waals surface area contributed by atoms with Crippen molar-refractivity contribution in [2.75, 3.05) is 10.2 Å². The molecular formula is C44H36BN2O4. The SMILES string of the molecule is O=C(O)c1ccc(-c2cccc(N(c3cc(-c4ccc(C(=O)O)cc4)ccc3[B]c3ccccc3NC3C=CC=CC3)C3C=CC=CC3)c2)cc1. The largest absolute Gasteiger partial charge is 0.478 e. The first-order valence-electron chi connectivity index (χ1n) is 17.0. The summed E-state index contributed by atoms with van der Waals surface area (Å²) in [5, 5.41) is 22.7. The Morgan fingerprint density at radius 2 is 1.24 bits per heavy atom. The van der Waals surface area contributed by atoms with Crippen LogP contribution in [0, 0.1) is 0 Å². The first kappa shape index (κ1) is 33.2. The maximum atomic E-state index is 11.6. The summed E-state index contributed by atoms with van der Waals surface area (Å²) in [5.74, 6) is -1.91. The summed E-state index contributed by atoms with van der Waals surface area (Å²) >= 11 is 0. The molecule has 5 aromatic carbocycles. The molecule has 7 rings (SSSR count). The summed E-state index contributed by atoms with van der Waals surface area (Å²) < 4.78 is 0. The van der Waals surface area contributed by atoms with E-state index in [2.05, 4.69) is 115 Å². The monoisotopic (exact) mass is 667 g/mol. The van der Waals surface area contributed by atoms with Gasteiger partial charge < -0.3 is 20.4 Å². The van der Waals surface area contributed by atoms with E-state index in [1.165, 1.54) is 0 Å². The topological polar surface area (TPSA) is 89.9 Å². The van der Waals surface area contributed by atoms with Crippen molar-refractivity contribution in [1.29, 1.82) is 0 Å². The average Bonchev–Trinajstić information content (AvgIpc) is 3.17. The van der Waals surface area contributed by atoms with Crippen molar-refractivity contribution < 1.29 is 19.8 Å². The predicted octanol–water partition coefficient (Wildman–Crippen LogP) is 8.39. The van der Waals surface area contributed by atoms with Gasteiger partial charge in [-0.15, -0.1) is 0 Å². The standard InChI is InChI=1S/C44H36BN2O4/c48-43(49)32-22-18-30(19-23-32)34-10-9-15-38(28-34)47(37-13-5-2-6-14-37)42-29-35(31-20-24-33(25-21-31)44(50)51)26-27-40(42)45-39-16-7-8-17-41(39)46-36-11-3-1-4-12-36/h1-11,13,15-29,36-37,46H,12,14H2,(H,48,49)(H,50,51). The molecule has 2 atom stereocenters. The molecule has 3 N–H and O–H groups in total. The number of hydrogen-bond donors (Lipinski definition) is 3. The van der Waals surface area contributed by atoms with Crippen LogP contribution in [0.15, 0.2) is 164 Å². The van der Waals surface area contributed by atoms with Gasteiger partial charge in [-0.05, 0) is 83.6 Å². The molecule has 51 heavy (non-hydrogen) atoms. The van der Waals surface area contributed by atoms with E-state index >= 15 is 0 Å². The molecule has 0 spiro atoms. The van der Waals surface area contributed by atoms with Crippen molar-refractivity contribution in [2.45, 2.75) is 24.9 Å². The minimum Gasteiger partial charge on any atom is -0.478 e. The van der Waals surface area contributed by atoms with Crippen molar-refractivity contribution in [1.82, 2.24) is 0 Å². The fourth-order valence-electron chi connectivity index (χ4n) is 6.58. The zero-order valence-corrected chi connectivity index (χ0v) is 27.9. The highest BCUT2D eigenvalue weighted by Crippen LogP contribution is 2.35. The van der Waals surface area contributed by atoms with Gasteiger partial charge in [0, 0.05) is 23.1 Å². The van der Waals surface area contributed by atoms with Gasteiger partial charge in [0.25, 0.3) is 0 Å². The number of carboxylic acid groups (broad SMARTS) is 2. The van der Waals surface area contributed by atoms with Crippen LogP contribution in [0.25, 0.3) is 22.3 Å². The van der Waals surface area contributed by atoms with Gasteiger partial charge in [0.2, 0.25) is 0 Å². The molecule has 2 aliphatic rings. The second kappa shape index (κ2) is 15.1. The van der Waals surface area contributed by atoms with E-state index in [1.807, 2.05) is 42.5 Å². The smallest absolute Gasteiger partial charge is 0.335 e. The van der Waals surface area contributed by atoms with Gasteiger partial charge in [-0.3, -0.25) is 0 Å². The molecule has 2 aliphatic carbocycles. The van der Waals surface area contributed by atoms with Crippen LogP contribution in [-0.2, 0) is 0 Å². The van der Waals surface area contributed by atoms with Gasteiger partial charge >= 0.3 is 11.9 Å². The normalized spacial score (nSPS) is 16.1. The fourth-order valence-corrected chi connectivity index (χ4v) is 6.58. The number of nitrogens with one attached hydrogen (secondary N) is 1. The minimum atomic E-state index is -0.958. The highest BCUT2D eigenvalue weighted by Gasteiger charge is 2.24. The van der Waals surface area contributed by atoms with Crippen molar-refractivity contribution in [3.8, 4) is 22.3 Å². The molecule has 0 aromatic heterocycles. The third-order valence-corrected chi connectivity index (χ3v) is 9.23. The first-order chi connectivity index (χ1) is 24.9. The lowest BCUT2D eigenvalue weighted by Gasteiger charge is -2.35. The van der Waals surface area contributed by atoms with Crippen LogP contribution >= 0.6 is 0 Å². The van der Waals surface area contributed by atoms with Crippen LogP contribution in [0.1, 0.15) is 33.6 Å². The molecule has 0 bridgehead atoms. The molecule has 5 aromatic rings. The lowest BCUT2D eigenvalue weighted by Crippen LogP contribution is -2.38. The number of carbonyl (C=O) groups is 2. The molecule has 7 heteroatoms. The van der Waals surface area contributed by atoms with Gasteiger partial charge in [0.15, 0.2) is 7.28 Å². The number of benzene rings is 5. The van der Waals surface area contributed by atoms with Crippen molar-refractivity contribution >= 4 is 47.2 Å². The Hall–Kier alpha value is -6.34. The third-order valence-electron chi connectivity index (χ3n) is 9.23. The van der Waals surface area contributed by atoms with Crippen LogP contribution in [0.5, 0.6) is 0 Å². The fraction of sp³-hybridized carbons (Fsp3) is 0.0909. The molecule has 0 saturated heterocycles. The van der Waals surface area contributed by atoms with Gasteiger partial charge in [-0.2, -0.15) is 0 Å². The number of aromatic carboxylic acids is 2. The van der Waals surface area contributed by atoms with Crippen LogP contribution < -0.4 is 21.1 Å². The number of hydrogen-bond acceptors (Lipinski definition) is 4. The second-order valence-electron chi connectivity index (χ2n) is 12.6. The Morgan fingerprint density at radius 1 is 0.608 bits per heavy atom. The Labute approximate surface area is 298 Å². The number of anilines is 3. The van der Waals surface area contributed by atoms with Crippen LogP contribution in [0.3, 0.4) is 0 Å². The number of allylic oxidation sites excluding steroid dienone is 4. The molecule has 0 heterocycles. The molecule has 0 amide bonds. The van der Waals surface area contributed by atoms with Crippen LogP contribution in [-0.4, -0.2) is 41.5 Å². The Morgan fingerprint density at radius 3 is 1.86 bits per heavy atom. The number of nitrogens with zero attached hydrogens (tertiary/aromatic N) is 1. The maximum absolute atomic E-state index is 11.6. The summed E-state index contributed by atoms with van der Waals surface area (Å²) in [6, 6.07) is 37.2. The van der Waals surface area contributed by atoms with Crippen molar-refractivity contribution in [2.24, 2.45) is 0 Å².